The molecule has 3 heteroatoms. The van der Waals surface area contributed by atoms with Crippen molar-refractivity contribution in [2.24, 2.45) is 0 Å². The molecule has 0 saturated carbocycles. The molecular weight excluding hydrogens is 212 g/mol. The molecule has 0 aromatic heterocycles. The third-order valence-corrected chi connectivity index (χ3v) is 3.50. The summed E-state index contributed by atoms with van der Waals surface area (Å²) in [5.41, 5.74) is 2.09. The first kappa shape index (κ1) is 12.1. The van der Waals surface area contributed by atoms with Gasteiger partial charge in [0.15, 0.2) is 0 Å². The highest BCUT2D eigenvalue weighted by Gasteiger charge is 2.40. The number of hydrogen-bond acceptors (Lipinski definition) is 2. The second kappa shape index (κ2) is 4.49. The van der Waals surface area contributed by atoms with Gasteiger partial charge in [-0.15, -0.1) is 0 Å². The standard InChI is InChI=1S/C14H20N2O/c1-11-4-6-12(7-5-11)10-16(3)13(17)14(2)8-9-15-14/h4-7,15H,8-10H2,1-3H3. The number of carbonyl (C=O) groups excluding carboxylic acids is 1. The summed E-state index contributed by atoms with van der Waals surface area (Å²) in [5, 5.41) is 3.21. The van der Waals surface area contributed by atoms with Gasteiger partial charge in [-0.3, -0.25) is 4.79 Å². The molecule has 0 aliphatic carbocycles. The summed E-state index contributed by atoms with van der Waals surface area (Å²) < 4.78 is 0. The molecule has 1 unspecified atom stereocenters. The maximum absolute atomic E-state index is 12.2. The zero-order chi connectivity index (χ0) is 12.5. The van der Waals surface area contributed by atoms with Crippen molar-refractivity contribution < 1.29 is 4.79 Å². The van der Waals surface area contributed by atoms with Crippen molar-refractivity contribution in [3.8, 4) is 0 Å². The number of nitrogens with zero attached hydrogens (tertiary/aromatic N) is 1. The van der Waals surface area contributed by atoms with Gasteiger partial charge in [0.25, 0.3) is 0 Å². The van der Waals surface area contributed by atoms with E-state index in [4.69, 9.17) is 0 Å². The molecule has 2 rings (SSSR count). The van der Waals surface area contributed by atoms with Crippen LogP contribution in [0.3, 0.4) is 0 Å². The van der Waals surface area contributed by atoms with Crippen LogP contribution >= 0.6 is 0 Å². The number of nitrogens with one attached hydrogen (secondary N) is 1. The van der Waals surface area contributed by atoms with E-state index in [1.54, 1.807) is 4.90 Å². The summed E-state index contributed by atoms with van der Waals surface area (Å²) >= 11 is 0. The quantitative estimate of drug-likeness (QED) is 0.860. The summed E-state index contributed by atoms with van der Waals surface area (Å²) in [6.45, 7) is 5.67. The smallest absolute Gasteiger partial charge is 0.242 e. The molecule has 0 spiro atoms. The lowest BCUT2D eigenvalue weighted by atomic mass is 9.88. The highest BCUT2D eigenvalue weighted by atomic mass is 16.2. The van der Waals surface area contributed by atoms with Crippen molar-refractivity contribution in [3.63, 3.8) is 0 Å². The fraction of sp³-hybridized carbons (Fsp3) is 0.500. The molecule has 1 heterocycles. The summed E-state index contributed by atoms with van der Waals surface area (Å²) in [4.78, 5) is 14.0. The number of aryl methyl sites for hydroxylation is 1. The van der Waals surface area contributed by atoms with Crippen molar-refractivity contribution in [1.82, 2.24) is 10.2 Å². The molecule has 92 valence electrons. The average Bonchev–Trinajstić information content (AvgIpc) is 2.28. The Morgan fingerprint density at radius 3 is 2.47 bits per heavy atom. The first-order valence-corrected chi connectivity index (χ1v) is 6.07. The molecule has 1 saturated heterocycles. The Morgan fingerprint density at radius 1 is 1.41 bits per heavy atom. The van der Waals surface area contributed by atoms with Gasteiger partial charge in [0, 0.05) is 13.6 Å². The van der Waals surface area contributed by atoms with Gasteiger partial charge in [0.1, 0.15) is 0 Å². The van der Waals surface area contributed by atoms with Crippen LogP contribution in [-0.2, 0) is 11.3 Å². The van der Waals surface area contributed by atoms with Crippen molar-refractivity contribution in [2.75, 3.05) is 13.6 Å². The lowest BCUT2D eigenvalue weighted by Gasteiger charge is -2.40. The first-order valence-electron chi connectivity index (χ1n) is 6.07. The van der Waals surface area contributed by atoms with E-state index in [1.165, 1.54) is 11.1 Å². The zero-order valence-electron chi connectivity index (χ0n) is 10.8. The normalized spacial score (nSPS) is 23.0. The topological polar surface area (TPSA) is 32.3 Å². The summed E-state index contributed by atoms with van der Waals surface area (Å²) in [5.74, 6) is 0.185. The Morgan fingerprint density at radius 2 is 2.00 bits per heavy atom. The molecule has 1 atom stereocenters. The van der Waals surface area contributed by atoms with Gasteiger partial charge in [-0.2, -0.15) is 0 Å². The molecule has 17 heavy (non-hydrogen) atoms. The lowest BCUT2D eigenvalue weighted by molar-refractivity contribution is -0.139. The second-order valence-electron chi connectivity index (χ2n) is 5.16. The van der Waals surface area contributed by atoms with Crippen LogP contribution in [0.5, 0.6) is 0 Å². The summed E-state index contributed by atoms with van der Waals surface area (Å²) in [6.07, 6.45) is 0.935. The Kier molecular flexibility index (Phi) is 3.20. The van der Waals surface area contributed by atoms with Crippen molar-refractivity contribution in [1.29, 1.82) is 0 Å². The van der Waals surface area contributed by atoms with E-state index in [0.717, 1.165) is 13.0 Å². The van der Waals surface area contributed by atoms with E-state index in [9.17, 15) is 4.79 Å². The van der Waals surface area contributed by atoms with Crippen LogP contribution in [0, 0.1) is 6.92 Å². The molecule has 1 aliphatic heterocycles. The highest BCUT2D eigenvalue weighted by molar-refractivity contribution is 5.86. The van der Waals surface area contributed by atoms with Crippen LogP contribution in [0.2, 0.25) is 0 Å². The fourth-order valence-corrected chi connectivity index (χ4v) is 2.14. The monoisotopic (exact) mass is 232 g/mol. The van der Waals surface area contributed by atoms with Crippen LogP contribution in [0.15, 0.2) is 24.3 Å². The molecule has 1 fully saturated rings. The molecular formula is C14H20N2O. The molecule has 3 nitrogen and oxygen atoms in total. The van der Waals surface area contributed by atoms with Crippen molar-refractivity contribution in [3.05, 3.63) is 35.4 Å². The maximum Gasteiger partial charge on any atom is 0.242 e. The minimum Gasteiger partial charge on any atom is -0.340 e. The average molecular weight is 232 g/mol. The Labute approximate surface area is 103 Å². The van der Waals surface area contributed by atoms with E-state index >= 15 is 0 Å². The predicted molar refractivity (Wildman–Crippen MR) is 68.7 cm³/mol. The summed E-state index contributed by atoms with van der Waals surface area (Å²) in [6, 6.07) is 8.32. The first-order chi connectivity index (χ1) is 8.01. The zero-order valence-corrected chi connectivity index (χ0v) is 10.8. The van der Waals surface area contributed by atoms with Crippen LogP contribution in [-0.4, -0.2) is 29.9 Å². The molecule has 1 N–H and O–H groups in total. The van der Waals surface area contributed by atoms with Crippen LogP contribution in [0.1, 0.15) is 24.5 Å². The van der Waals surface area contributed by atoms with E-state index < -0.39 is 0 Å². The van der Waals surface area contributed by atoms with Crippen LogP contribution in [0.4, 0.5) is 0 Å². The Hall–Kier alpha value is -1.35. The second-order valence-corrected chi connectivity index (χ2v) is 5.16. The van der Waals surface area contributed by atoms with Crippen LogP contribution < -0.4 is 5.32 Å². The van der Waals surface area contributed by atoms with Gasteiger partial charge >= 0.3 is 0 Å². The largest absolute Gasteiger partial charge is 0.340 e. The van der Waals surface area contributed by atoms with Gasteiger partial charge in [0.2, 0.25) is 5.91 Å². The number of rotatable bonds is 3. The van der Waals surface area contributed by atoms with Crippen molar-refractivity contribution in [2.45, 2.75) is 32.4 Å². The predicted octanol–water partition coefficient (Wildman–Crippen LogP) is 1.71. The Bertz CT molecular complexity index is 407. The minimum absolute atomic E-state index is 0.185. The van der Waals surface area contributed by atoms with Crippen LogP contribution in [0.25, 0.3) is 0 Å². The van der Waals surface area contributed by atoms with Crippen molar-refractivity contribution >= 4 is 5.91 Å². The summed E-state index contributed by atoms with van der Waals surface area (Å²) in [7, 11) is 1.87. The van der Waals surface area contributed by atoms with Gasteiger partial charge in [0.05, 0.1) is 5.54 Å². The van der Waals surface area contributed by atoms with Gasteiger partial charge in [-0.1, -0.05) is 29.8 Å². The number of hydrogen-bond donors (Lipinski definition) is 1. The number of benzene rings is 1. The Balaban J connectivity index is 1.99. The van der Waals surface area contributed by atoms with Gasteiger partial charge < -0.3 is 10.2 Å². The number of amides is 1. The SMILES string of the molecule is Cc1ccc(CN(C)C(=O)C2(C)CCN2)cc1. The van der Waals surface area contributed by atoms with E-state index in [-0.39, 0.29) is 11.4 Å². The molecule has 0 bridgehead atoms. The highest BCUT2D eigenvalue weighted by Crippen LogP contribution is 2.21. The molecule has 1 aromatic carbocycles. The third-order valence-electron chi connectivity index (χ3n) is 3.50. The van der Waals surface area contributed by atoms with E-state index in [1.807, 2.05) is 14.0 Å². The van der Waals surface area contributed by atoms with Gasteiger partial charge in [-0.05, 0) is 32.4 Å². The third kappa shape index (κ3) is 2.50. The van der Waals surface area contributed by atoms with E-state index in [2.05, 4.69) is 36.5 Å². The number of likely N-dealkylation sites (N-methyl/N-ethyl adjacent to an activating group) is 1. The lowest BCUT2D eigenvalue weighted by Crippen LogP contribution is -2.63. The molecule has 1 aliphatic rings. The number of carbonyl (C=O) groups is 1. The molecule has 1 aromatic rings. The van der Waals surface area contributed by atoms with Gasteiger partial charge in [-0.25, -0.2) is 0 Å². The maximum atomic E-state index is 12.2. The minimum atomic E-state index is -0.334. The fourth-order valence-electron chi connectivity index (χ4n) is 2.14. The molecule has 1 amide bonds. The molecule has 0 radical (unpaired) electrons. The van der Waals surface area contributed by atoms with E-state index in [0.29, 0.717) is 6.54 Å².